The fourth-order valence-corrected chi connectivity index (χ4v) is 1.90. The van der Waals surface area contributed by atoms with Crippen LogP contribution in [0.1, 0.15) is 40.5 Å². The van der Waals surface area contributed by atoms with E-state index in [4.69, 9.17) is 9.47 Å². The lowest BCUT2D eigenvalue weighted by molar-refractivity contribution is 0.0258. The summed E-state index contributed by atoms with van der Waals surface area (Å²) in [5.74, 6) is 1.39. The molecular weight excluding hydrogens is 381 g/mol. The minimum atomic E-state index is 0. The number of rotatable bonds is 11. The number of nitrogens with zero attached hydrogens (tertiary/aromatic N) is 1. The highest BCUT2D eigenvalue weighted by molar-refractivity contribution is 14.0. The lowest BCUT2D eigenvalue weighted by Gasteiger charge is -2.21. The van der Waals surface area contributed by atoms with Gasteiger partial charge in [-0.15, -0.1) is 24.0 Å². The lowest BCUT2D eigenvalue weighted by Crippen LogP contribution is -2.39. The highest BCUT2D eigenvalue weighted by Gasteiger charge is 2.12. The maximum Gasteiger partial charge on any atom is 0.190 e. The van der Waals surface area contributed by atoms with Crippen LogP contribution < -0.4 is 10.6 Å². The molecule has 0 fully saturated rings. The van der Waals surface area contributed by atoms with Gasteiger partial charge >= 0.3 is 0 Å². The highest BCUT2D eigenvalue weighted by atomic mass is 127. The average Bonchev–Trinajstić information content (AvgIpc) is 2.43. The minimum Gasteiger partial charge on any atom is -0.382 e. The smallest absolute Gasteiger partial charge is 0.190 e. The van der Waals surface area contributed by atoms with E-state index in [1.165, 1.54) is 0 Å². The summed E-state index contributed by atoms with van der Waals surface area (Å²) in [6.07, 6.45) is 2.29. The van der Waals surface area contributed by atoms with Gasteiger partial charge in [-0.1, -0.05) is 13.8 Å². The maximum absolute atomic E-state index is 5.73. The van der Waals surface area contributed by atoms with Gasteiger partial charge in [0.25, 0.3) is 0 Å². The summed E-state index contributed by atoms with van der Waals surface area (Å²) in [6.45, 7) is 12.5. The number of aliphatic imine (C=N–C) groups is 1. The van der Waals surface area contributed by atoms with Crippen molar-refractivity contribution >= 4 is 29.9 Å². The van der Waals surface area contributed by atoms with E-state index in [0.29, 0.717) is 12.0 Å². The predicted octanol–water partition coefficient (Wildman–Crippen LogP) is 2.65. The Balaban J connectivity index is 0. The zero-order chi connectivity index (χ0) is 15.2. The fraction of sp³-hybridized carbons (Fsp3) is 0.933. The van der Waals surface area contributed by atoms with Crippen LogP contribution in [-0.4, -0.2) is 52.0 Å². The molecule has 6 heteroatoms. The molecule has 1 atom stereocenters. The Morgan fingerprint density at radius 2 is 1.76 bits per heavy atom. The second kappa shape index (κ2) is 16.3. The van der Waals surface area contributed by atoms with Crippen molar-refractivity contribution in [2.75, 3.05) is 40.0 Å². The van der Waals surface area contributed by atoms with Crippen LogP contribution >= 0.6 is 24.0 Å². The average molecular weight is 415 g/mol. The Labute approximate surface area is 147 Å². The van der Waals surface area contributed by atoms with Crippen LogP contribution in [-0.2, 0) is 9.47 Å². The first-order valence-electron chi connectivity index (χ1n) is 7.79. The fourth-order valence-electron chi connectivity index (χ4n) is 1.90. The summed E-state index contributed by atoms with van der Waals surface area (Å²) in [7, 11) is 1.79. The molecule has 0 amide bonds. The Kier molecular flexibility index (Phi) is 18.0. The van der Waals surface area contributed by atoms with Crippen LogP contribution in [0.3, 0.4) is 0 Å². The molecule has 0 spiro atoms. The molecule has 21 heavy (non-hydrogen) atoms. The second-order valence-electron chi connectivity index (χ2n) is 5.00. The number of halogens is 1. The zero-order valence-electron chi connectivity index (χ0n) is 14.3. The number of ether oxygens (including phenoxy) is 2. The molecule has 0 radical (unpaired) electrons. The molecule has 0 bridgehead atoms. The molecule has 0 aliphatic heterocycles. The van der Waals surface area contributed by atoms with Crippen molar-refractivity contribution in [3.8, 4) is 0 Å². The van der Waals surface area contributed by atoms with Crippen LogP contribution in [0.25, 0.3) is 0 Å². The standard InChI is InChI=1S/C15H33N3O2.HI/c1-6-19-12-8-10-17-15(16-5)18-11-9-14(13(3)4)20-7-2;/h13-14H,6-12H2,1-5H3,(H2,16,17,18);1H. The molecule has 0 rings (SSSR count). The summed E-state index contributed by atoms with van der Waals surface area (Å²) >= 11 is 0. The SMILES string of the molecule is CCOCCCNC(=NC)NCCC(OCC)C(C)C.I. The summed E-state index contributed by atoms with van der Waals surface area (Å²) in [5, 5.41) is 6.60. The van der Waals surface area contributed by atoms with Crippen LogP contribution in [0.2, 0.25) is 0 Å². The monoisotopic (exact) mass is 415 g/mol. The normalized spacial score (nSPS) is 13.0. The van der Waals surface area contributed by atoms with E-state index < -0.39 is 0 Å². The molecule has 0 saturated heterocycles. The van der Waals surface area contributed by atoms with Crippen molar-refractivity contribution < 1.29 is 9.47 Å². The van der Waals surface area contributed by atoms with E-state index >= 15 is 0 Å². The molecular formula is C15H34IN3O2. The molecule has 0 aromatic carbocycles. The van der Waals surface area contributed by atoms with E-state index in [9.17, 15) is 0 Å². The highest BCUT2D eigenvalue weighted by Crippen LogP contribution is 2.09. The van der Waals surface area contributed by atoms with Crippen molar-refractivity contribution in [2.24, 2.45) is 10.9 Å². The van der Waals surface area contributed by atoms with Gasteiger partial charge in [-0.2, -0.15) is 0 Å². The summed E-state index contributed by atoms with van der Waals surface area (Å²) in [4.78, 5) is 4.21. The lowest BCUT2D eigenvalue weighted by atomic mass is 10.0. The first-order valence-corrected chi connectivity index (χ1v) is 7.79. The van der Waals surface area contributed by atoms with E-state index in [-0.39, 0.29) is 24.0 Å². The molecule has 1 unspecified atom stereocenters. The van der Waals surface area contributed by atoms with Gasteiger partial charge in [0.2, 0.25) is 0 Å². The second-order valence-corrected chi connectivity index (χ2v) is 5.00. The van der Waals surface area contributed by atoms with Gasteiger partial charge in [0, 0.05) is 40.0 Å². The third-order valence-electron chi connectivity index (χ3n) is 3.03. The molecule has 0 saturated carbocycles. The van der Waals surface area contributed by atoms with Crippen LogP contribution in [0.4, 0.5) is 0 Å². The number of hydrogen-bond donors (Lipinski definition) is 2. The number of guanidine groups is 1. The van der Waals surface area contributed by atoms with Gasteiger partial charge in [0.1, 0.15) is 0 Å². The predicted molar refractivity (Wildman–Crippen MR) is 101 cm³/mol. The quantitative estimate of drug-likeness (QED) is 0.236. The van der Waals surface area contributed by atoms with Gasteiger partial charge < -0.3 is 20.1 Å². The summed E-state index contributed by atoms with van der Waals surface area (Å²) < 4.78 is 11.0. The Hall–Kier alpha value is -0.0800. The van der Waals surface area contributed by atoms with Crippen molar-refractivity contribution in [2.45, 2.75) is 46.6 Å². The van der Waals surface area contributed by atoms with Crippen molar-refractivity contribution in [3.63, 3.8) is 0 Å². The molecule has 0 aliphatic rings. The molecule has 128 valence electrons. The van der Waals surface area contributed by atoms with E-state index in [1.54, 1.807) is 7.05 Å². The first kappa shape index (κ1) is 23.2. The third kappa shape index (κ3) is 13.3. The van der Waals surface area contributed by atoms with Crippen LogP contribution in [0, 0.1) is 5.92 Å². The van der Waals surface area contributed by atoms with Crippen LogP contribution in [0.15, 0.2) is 4.99 Å². The van der Waals surface area contributed by atoms with E-state index in [2.05, 4.69) is 29.5 Å². The number of nitrogens with one attached hydrogen (secondary N) is 2. The molecule has 0 aliphatic carbocycles. The van der Waals surface area contributed by atoms with Crippen molar-refractivity contribution in [1.82, 2.24) is 10.6 Å². The Bertz CT molecular complexity index is 251. The van der Waals surface area contributed by atoms with Gasteiger partial charge in [-0.25, -0.2) is 0 Å². The molecule has 0 aromatic heterocycles. The van der Waals surface area contributed by atoms with Crippen molar-refractivity contribution in [1.29, 1.82) is 0 Å². The Morgan fingerprint density at radius 1 is 1.10 bits per heavy atom. The van der Waals surface area contributed by atoms with Crippen molar-refractivity contribution in [3.05, 3.63) is 0 Å². The minimum absolute atomic E-state index is 0. The summed E-state index contributed by atoms with van der Waals surface area (Å²) in [5.41, 5.74) is 0. The van der Waals surface area contributed by atoms with Gasteiger partial charge in [0.15, 0.2) is 5.96 Å². The maximum atomic E-state index is 5.73. The first-order chi connectivity index (χ1) is 9.65. The third-order valence-corrected chi connectivity index (χ3v) is 3.03. The van der Waals surface area contributed by atoms with E-state index in [0.717, 1.165) is 51.7 Å². The molecule has 0 heterocycles. The molecule has 2 N–H and O–H groups in total. The summed E-state index contributed by atoms with van der Waals surface area (Å²) in [6, 6.07) is 0. The zero-order valence-corrected chi connectivity index (χ0v) is 16.6. The topological polar surface area (TPSA) is 54.9 Å². The van der Waals surface area contributed by atoms with Crippen LogP contribution in [0.5, 0.6) is 0 Å². The Morgan fingerprint density at radius 3 is 2.29 bits per heavy atom. The largest absolute Gasteiger partial charge is 0.382 e. The molecule has 0 aromatic rings. The van der Waals surface area contributed by atoms with Gasteiger partial charge in [0.05, 0.1) is 6.10 Å². The van der Waals surface area contributed by atoms with E-state index in [1.807, 2.05) is 13.8 Å². The van der Waals surface area contributed by atoms with Gasteiger partial charge in [-0.3, -0.25) is 4.99 Å². The van der Waals surface area contributed by atoms with Gasteiger partial charge in [-0.05, 0) is 32.6 Å². The number of hydrogen-bond acceptors (Lipinski definition) is 3. The molecule has 5 nitrogen and oxygen atoms in total.